The van der Waals surface area contributed by atoms with Gasteiger partial charge >= 0.3 is 0 Å². The summed E-state index contributed by atoms with van der Waals surface area (Å²) in [5, 5.41) is 6.52. The molecule has 8 heteroatoms. The zero-order valence-corrected chi connectivity index (χ0v) is 13.2. The summed E-state index contributed by atoms with van der Waals surface area (Å²) in [5.41, 5.74) is 6.76. The van der Waals surface area contributed by atoms with Crippen LogP contribution in [0.4, 0.5) is 4.39 Å². The maximum Gasteiger partial charge on any atom is 0.249 e. The fourth-order valence-corrected chi connectivity index (χ4v) is 1.95. The van der Waals surface area contributed by atoms with Gasteiger partial charge in [-0.1, -0.05) is 5.16 Å². The Morgan fingerprint density at radius 2 is 2.26 bits per heavy atom. The average Bonchev–Trinajstić information content (AvgIpc) is 3.00. The van der Waals surface area contributed by atoms with Crippen LogP contribution in [0.25, 0.3) is 11.4 Å². The summed E-state index contributed by atoms with van der Waals surface area (Å²) in [4.78, 5) is 16.1. The zero-order valence-electron chi connectivity index (χ0n) is 13.2. The first-order chi connectivity index (χ1) is 10.9. The second-order valence-corrected chi connectivity index (χ2v) is 5.21. The summed E-state index contributed by atoms with van der Waals surface area (Å²) in [6, 6.07) is 3.25. The molecule has 3 N–H and O–H groups in total. The van der Waals surface area contributed by atoms with Crippen LogP contribution in [0, 0.1) is 12.7 Å². The third-order valence-corrected chi connectivity index (χ3v) is 3.27. The molecule has 2 aromatic rings. The van der Waals surface area contributed by atoms with Gasteiger partial charge in [-0.2, -0.15) is 4.98 Å². The van der Waals surface area contributed by atoms with Crippen LogP contribution in [0.5, 0.6) is 0 Å². The van der Waals surface area contributed by atoms with E-state index in [1.807, 2.05) is 0 Å². The van der Waals surface area contributed by atoms with Crippen LogP contribution < -0.4 is 11.1 Å². The number of aromatic nitrogens is 2. The van der Waals surface area contributed by atoms with E-state index < -0.39 is 12.1 Å². The van der Waals surface area contributed by atoms with Gasteiger partial charge in [0.15, 0.2) is 0 Å². The lowest BCUT2D eigenvalue weighted by atomic mass is 10.1. The fraction of sp³-hybridized carbons (Fsp3) is 0.400. The molecule has 0 spiro atoms. The van der Waals surface area contributed by atoms with Gasteiger partial charge in [-0.05, 0) is 37.6 Å². The second-order valence-electron chi connectivity index (χ2n) is 5.21. The first kappa shape index (κ1) is 17.0. The summed E-state index contributed by atoms with van der Waals surface area (Å²) in [6.07, 6.45) is 0. The number of hydrogen-bond donors (Lipinski definition) is 2. The highest BCUT2D eigenvalue weighted by Gasteiger charge is 2.21. The summed E-state index contributed by atoms with van der Waals surface area (Å²) in [7, 11) is 1.46. The van der Waals surface area contributed by atoms with E-state index >= 15 is 0 Å². The van der Waals surface area contributed by atoms with Crippen molar-refractivity contribution >= 4 is 5.91 Å². The Morgan fingerprint density at radius 3 is 2.91 bits per heavy atom. The van der Waals surface area contributed by atoms with Crippen molar-refractivity contribution in [1.29, 1.82) is 0 Å². The summed E-state index contributed by atoms with van der Waals surface area (Å²) >= 11 is 0. The molecule has 2 unspecified atom stereocenters. The third kappa shape index (κ3) is 4.11. The number of nitrogens with zero attached hydrogens (tertiary/aromatic N) is 2. The molecule has 1 aromatic heterocycles. The van der Waals surface area contributed by atoms with Crippen molar-refractivity contribution in [2.24, 2.45) is 5.73 Å². The highest BCUT2D eigenvalue weighted by molar-refractivity contribution is 5.81. The van der Waals surface area contributed by atoms with Crippen molar-refractivity contribution in [3.63, 3.8) is 0 Å². The number of halogens is 1. The average molecular weight is 322 g/mol. The number of amides is 1. The number of rotatable bonds is 6. The van der Waals surface area contributed by atoms with E-state index in [9.17, 15) is 9.18 Å². The van der Waals surface area contributed by atoms with Crippen molar-refractivity contribution < 1.29 is 18.4 Å². The molecule has 0 saturated carbocycles. The highest BCUT2D eigenvalue weighted by atomic mass is 19.1. The molecule has 7 nitrogen and oxygen atoms in total. The minimum Gasteiger partial charge on any atom is -0.383 e. The normalized spacial score (nSPS) is 13.6. The highest BCUT2D eigenvalue weighted by Crippen LogP contribution is 2.21. The monoisotopic (exact) mass is 322 g/mol. The molecule has 0 radical (unpaired) electrons. The van der Waals surface area contributed by atoms with Gasteiger partial charge < -0.3 is 20.3 Å². The van der Waals surface area contributed by atoms with E-state index in [1.165, 1.54) is 13.2 Å². The lowest BCUT2D eigenvalue weighted by Gasteiger charge is -2.14. The Kier molecular flexibility index (Phi) is 5.41. The van der Waals surface area contributed by atoms with Gasteiger partial charge in [0.05, 0.1) is 6.61 Å². The minimum atomic E-state index is -0.774. The summed E-state index contributed by atoms with van der Waals surface area (Å²) in [6.45, 7) is 3.47. The Labute approximate surface area is 133 Å². The molecule has 0 saturated heterocycles. The van der Waals surface area contributed by atoms with E-state index in [-0.39, 0.29) is 24.2 Å². The number of carbonyl (C=O) groups excluding carboxylic acids is 1. The van der Waals surface area contributed by atoms with Gasteiger partial charge in [0, 0.05) is 12.7 Å². The fourth-order valence-electron chi connectivity index (χ4n) is 1.95. The quantitative estimate of drug-likeness (QED) is 0.832. The van der Waals surface area contributed by atoms with Crippen molar-refractivity contribution in [2.45, 2.75) is 25.9 Å². The van der Waals surface area contributed by atoms with Crippen LogP contribution >= 0.6 is 0 Å². The molecule has 0 fully saturated rings. The number of hydrogen-bond acceptors (Lipinski definition) is 6. The maximum absolute atomic E-state index is 13.3. The van der Waals surface area contributed by atoms with Crippen LogP contribution in [0.3, 0.4) is 0 Å². The number of aryl methyl sites for hydroxylation is 1. The van der Waals surface area contributed by atoms with Crippen LogP contribution in [0.1, 0.15) is 24.4 Å². The molecular weight excluding hydrogens is 303 g/mol. The lowest BCUT2D eigenvalue weighted by Crippen LogP contribution is -2.44. The van der Waals surface area contributed by atoms with Crippen molar-refractivity contribution in [2.75, 3.05) is 13.7 Å². The van der Waals surface area contributed by atoms with Crippen LogP contribution in [0.2, 0.25) is 0 Å². The molecule has 0 aliphatic rings. The standard InChI is InChI=1S/C15H19FN4O3/c1-8-6-10(4-5-11(8)16)13-19-15(23-20-13)9(2)18-14(21)12(17)7-22-3/h4-6,9,12H,7,17H2,1-3H3,(H,18,21). The third-order valence-electron chi connectivity index (χ3n) is 3.27. The molecule has 124 valence electrons. The lowest BCUT2D eigenvalue weighted by molar-refractivity contribution is -0.124. The Morgan fingerprint density at radius 1 is 1.52 bits per heavy atom. The van der Waals surface area contributed by atoms with Crippen molar-refractivity contribution in [3.8, 4) is 11.4 Å². The van der Waals surface area contributed by atoms with E-state index in [1.54, 1.807) is 26.0 Å². The maximum atomic E-state index is 13.3. The Hall–Kier alpha value is -2.32. The van der Waals surface area contributed by atoms with E-state index in [0.717, 1.165) is 0 Å². The predicted molar refractivity (Wildman–Crippen MR) is 80.8 cm³/mol. The van der Waals surface area contributed by atoms with Gasteiger partial charge in [0.1, 0.15) is 17.9 Å². The Balaban J connectivity index is 2.09. The van der Waals surface area contributed by atoms with Crippen LogP contribution in [-0.2, 0) is 9.53 Å². The van der Waals surface area contributed by atoms with Crippen molar-refractivity contribution in [3.05, 3.63) is 35.5 Å². The van der Waals surface area contributed by atoms with Gasteiger partial charge in [-0.3, -0.25) is 4.79 Å². The van der Waals surface area contributed by atoms with Crippen molar-refractivity contribution in [1.82, 2.24) is 15.5 Å². The molecule has 0 bridgehead atoms. The number of ether oxygens (including phenoxy) is 1. The number of benzene rings is 1. The second kappa shape index (κ2) is 7.30. The molecular formula is C15H19FN4O3. The summed E-state index contributed by atoms with van der Waals surface area (Å²) < 4.78 is 23.3. The zero-order chi connectivity index (χ0) is 17.0. The van der Waals surface area contributed by atoms with E-state index in [4.69, 9.17) is 15.0 Å². The molecule has 1 amide bonds. The molecule has 0 aliphatic carbocycles. The Bertz CT molecular complexity index is 689. The topological polar surface area (TPSA) is 103 Å². The van der Waals surface area contributed by atoms with E-state index in [2.05, 4.69) is 15.5 Å². The largest absolute Gasteiger partial charge is 0.383 e. The molecule has 2 atom stereocenters. The SMILES string of the molecule is COCC(N)C(=O)NC(C)c1nc(-c2ccc(F)c(C)c2)no1. The smallest absolute Gasteiger partial charge is 0.249 e. The van der Waals surface area contributed by atoms with Crippen LogP contribution in [0.15, 0.2) is 22.7 Å². The molecule has 1 aromatic carbocycles. The molecule has 23 heavy (non-hydrogen) atoms. The van der Waals surface area contributed by atoms with Gasteiger partial charge in [-0.15, -0.1) is 0 Å². The molecule has 0 aliphatic heterocycles. The number of nitrogens with two attached hydrogens (primary N) is 1. The number of nitrogens with one attached hydrogen (secondary N) is 1. The first-order valence-corrected chi connectivity index (χ1v) is 7.07. The number of methoxy groups -OCH3 is 1. The van der Waals surface area contributed by atoms with E-state index in [0.29, 0.717) is 17.0 Å². The molecule has 2 rings (SSSR count). The molecule has 1 heterocycles. The summed E-state index contributed by atoms with van der Waals surface area (Å²) in [5.74, 6) is -0.118. The number of carbonyl (C=O) groups is 1. The minimum absolute atomic E-state index is 0.114. The predicted octanol–water partition coefficient (Wildman–Crippen LogP) is 1.34. The van der Waals surface area contributed by atoms with Gasteiger partial charge in [-0.25, -0.2) is 4.39 Å². The van der Waals surface area contributed by atoms with Gasteiger partial charge in [0.25, 0.3) is 0 Å². The first-order valence-electron chi connectivity index (χ1n) is 7.07. The van der Waals surface area contributed by atoms with Crippen LogP contribution in [-0.4, -0.2) is 35.8 Å². The van der Waals surface area contributed by atoms with Gasteiger partial charge in [0.2, 0.25) is 17.6 Å².